The smallest absolute Gasteiger partial charge is 0.338 e. The molecule has 1 aliphatic heterocycles. The third kappa shape index (κ3) is 4.95. The minimum atomic E-state index is -3.05. The van der Waals surface area contributed by atoms with Crippen molar-refractivity contribution >= 4 is 21.7 Å². The molecule has 1 saturated heterocycles. The van der Waals surface area contributed by atoms with Crippen LogP contribution >= 0.6 is 0 Å². The summed E-state index contributed by atoms with van der Waals surface area (Å²) in [7, 11) is -3.05. The molecule has 0 bridgehead atoms. The Balaban J connectivity index is 1.94. The molecule has 1 amide bonds. The Labute approximate surface area is 141 Å². The minimum absolute atomic E-state index is 0.0379. The Morgan fingerprint density at radius 1 is 1.38 bits per heavy atom. The van der Waals surface area contributed by atoms with Gasteiger partial charge in [0.25, 0.3) is 5.91 Å². The summed E-state index contributed by atoms with van der Waals surface area (Å²) in [6.45, 7) is 3.55. The van der Waals surface area contributed by atoms with Gasteiger partial charge in [0.15, 0.2) is 15.9 Å². The van der Waals surface area contributed by atoms with Gasteiger partial charge in [-0.05, 0) is 38.5 Å². The molecule has 24 heavy (non-hydrogen) atoms. The quantitative estimate of drug-likeness (QED) is 0.763. The van der Waals surface area contributed by atoms with Crippen LogP contribution in [0.25, 0.3) is 0 Å². The largest absolute Gasteiger partial charge is 0.481 e. The number of benzene rings is 1. The summed E-state index contributed by atoms with van der Waals surface area (Å²) in [6.07, 6.45) is -0.398. The molecule has 1 aromatic carbocycles. The molecule has 1 heterocycles. The van der Waals surface area contributed by atoms with Crippen LogP contribution in [0.4, 0.5) is 0 Å². The van der Waals surface area contributed by atoms with Crippen molar-refractivity contribution in [2.45, 2.75) is 32.4 Å². The first-order chi connectivity index (χ1) is 11.3. The molecule has 0 unspecified atom stereocenters. The average molecular weight is 355 g/mol. The van der Waals surface area contributed by atoms with Crippen molar-refractivity contribution in [1.82, 2.24) is 5.32 Å². The van der Waals surface area contributed by atoms with Crippen molar-refractivity contribution in [2.75, 3.05) is 18.1 Å². The molecule has 1 fully saturated rings. The zero-order valence-corrected chi connectivity index (χ0v) is 14.5. The first-order valence-corrected chi connectivity index (χ1v) is 9.57. The predicted octanol–water partition coefficient (Wildman–Crippen LogP) is 0.934. The van der Waals surface area contributed by atoms with E-state index in [1.165, 1.54) is 6.07 Å². The molecule has 1 N–H and O–H groups in total. The summed E-state index contributed by atoms with van der Waals surface area (Å²) in [4.78, 5) is 23.8. The van der Waals surface area contributed by atoms with E-state index in [-0.39, 0.29) is 24.2 Å². The highest BCUT2D eigenvalue weighted by molar-refractivity contribution is 7.91. The van der Waals surface area contributed by atoms with Crippen LogP contribution in [0.15, 0.2) is 24.3 Å². The summed E-state index contributed by atoms with van der Waals surface area (Å²) in [5.74, 6) is -0.435. The predicted molar refractivity (Wildman–Crippen MR) is 87.7 cm³/mol. The third-order valence-corrected chi connectivity index (χ3v) is 5.37. The fourth-order valence-electron chi connectivity index (χ4n) is 2.40. The average Bonchev–Trinajstić information content (AvgIpc) is 2.86. The van der Waals surface area contributed by atoms with E-state index < -0.39 is 27.8 Å². The van der Waals surface area contributed by atoms with Crippen molar-refractivity contribution in [3.63, 3.8) is 0 Å². The molecule has 8 heteroatoms. The van der Waals surface area contributed by atoms with Crippen LogP contribution < -0.4 is 10.1 Å². The summed E-state index contributed by atoms with van der Waals surface area (Å²) < 4.78 is 33.3. The van der Waals surface area contributed by atoms with Gasteiger partial charge >= 0.3 is 5.97 Å². The van der Waals surface area contributed by atoms with Crippen molar-refractivity contribution in [3.8, 4) is 5.75 Å². The number of hydrogen-bond donors (Lipinski definition) is 1. The zero-order chi connectivity index (χ0) is 17.7. The van der Waals surface area contributed by atoms with Gasteiger partial charge in [0.05, 0.1) is 23.7 Å². The molecule has 132 valence electrons. The number of hydrogen-bond acceptors (Lipinski definition) is 6. The number of amides is 1. The number of carbonyl (C=O) groups is 2. The van der Waals surface area contributed by atoms with Gasteiger partial charge in [-0.1, -0.05) is 6.07 Å². The Hall–Kier alpha value is -2.09. The van der Waals surface area contributed by atoms with Gasteiger partial charge < -0.3 is 14.8 Å². The van der Waals surface area contributed by atoms with Gasteiger partial charge in [-0.3, -0.25) is 4.79 Å². The van der Waals surface area contributed by atoms with E-state index in [9.17, 15) is 18.0 Å². The van der Waals surface area contributed by atoms with Crippen molar-refractivity contribution in [2.24, 2.45) is 0 Å². The SMILES string of the molecule is CCOC(=O)c1cccc(O[C@@H](C)C(=O)N[C@@H]2CCS(=O)(=O)C2)c1. The van der Waals surface area contributed by atoms with Crippen LogP contribution in [0.5, 0.6) is 5.75 Å². The van der Waals surface area contributed by atoms with Crippen LogP contribution in [-0.2, 0) is 19.4 Å². The lowest BCUT2D eigenvalue weighted by molar-refractivity contribution is -0.127. The Kier molecular flexibility index (Phi) is 5.82. The standard InChI is InChI=1S/C16H21NO6S/c1-3-22-16(19)12-5-4-6-14(9-12)23-11(2)15(18)17-13-7-8-24(20,21)10-13/h4-6,9,11,13H,3,7-8,10H2,1-2H3,(H,17,18)/t11-,13+/m0/s1. The maximum atomic E-state index is 12.1. The monoisotopic (exact) mass is 355 g/mol. The topological polar surface area (TPSA) is 98.8 Å². The Bertz CT molecular complexity index is 715. The van der Waals surface area contributed by atoms with E-state index >= 15 is 0 Å². The first-order valence-electron chi connectivity index (χ1n) is 7.75. The molecule has 0 aliphatic carbocycles. The maximum Gasteiger partial charge on any atom is 0.338 e. The lowest BCUT2D eigenvalue weighted by atomic mass is 10.2. The molecule has 1 aliphatic rings. The van der Waals surface area contributed by atoms with Crippen LogP contribution in [0, 0.1) is 0 Å². The van der Waals surface area contributed by atoms with Crippen LogP contribution in [-0.4, -0.2) is 50.6 Å². The molecule has 2 atom stereocenters. The molecule has 0 spiro atoms. The van der Waals surface area contributed by atoms with Gasteiger partial charge in [-0.15, -0.1) is 0 Å². The summed E-state index contributed by atoms with van der Waals surface area (Å²) >= 11 is 0. The van der Waals surface area contributed by atoms with Crippen molar-refractivity contribution in [1.29, 1.82) is 0 Å². The number of ether oxygens (including phenoxy) is 2. The van der Waals surface area contributed by atoms with E-state index in [0.29, 0.717) is 17.7 Å². The second kappa shape index (κ2) is 7.65. The molecular formula is C16H21NO6S. The summed E-state index contributed by atoms with van der Waals surface area (Å²) in [6, 6.07) is 5.99. The van der Waals surface area contributed by atoms with E-state index in [1.54, 1.807) is 32.0 Å². The van der Waals surface area contributed by atoms with E-state index in [0.717, 1.165) is 0 Å². The number of nitrogens with one attached hydrogen (secondary N) is 1. The third-order valence-electron chi connectivity index (χ3n) is 3.61. The Morgan fingerprint density at radius 3 is 2.75 bits per heavy atom. The van der Waals surface area contributed by atoms with E-state index in [1.807, 2.05) is 0 Å². The maximum absolute atomic E-state index is 12.1. The van der Waals surface area contributed by atoms with Crippen LogP contribution in [0.2, 0.25) is 0 Å². The number of rotatable bonds is 6. The van der Waals surface area contributed by atoms with Crippen LogP contribution in [0.1, 0.15) is 30.6 Å². The highest BCUT2D eigenvalue weighted by Gasteiger charge is 2.30. The van der Waals surface area contributed by atoms with Gasteiger partial charge in [-0.2, -0.15) is 0 Å². The summed E-state index contributed by atoms with van der Waals surface area (Å²) in [5, 5.41) is 2.68. The molecule has 7 nitrogen and oxygen atoms in total. The Morgan fingerprint density at radius 2 is 2.12 bits per heavy atom. The fraction of sp³-hybridized carbons (Fsp3) is 0.500. The van der Waals surface area contributed by atoms with Gasteiger partial charge in [0, 0.05) is 6.04 Å². The second-order valence-electron chi connectivity index (χ2n) is 5.62. The van der Waals surface area contributed by atoms with Gasteiger partial charge in [-0.25, -0.2) is 13.2 Å². The number of sulfone groups is 1. The highest BCUT2D eigenvalue weighted by atomic mass is 32.2. The first kappa shape index (κ1) is 18.3. The molecule has 1 aromatic rings. The second-order valence-corrected chi connectivity index (χ2v) is 7.85. The van der Waals surface area contributed by atoms with Crippen molar-refractivity contribution < 1.29 is 27.5 Å². The lowest BCUT2D eigenvalue weighted by Gasteiger charge is -2.17. The molecule has 0 radical (unpaired) electrons. The summed E-state index contributed by atoms with van der Waals surface area (Å²) in [5.41, 5.74) is 0.337. The molecule has 0 saturated carbocycles. The lowest BCUT2D eigenvalue weighted by Crippen LogP contribution is -2.43. The normalized spacial score (nSPS) is 20.2. The number of carbonyl (C=O) groups excluding carboxylic acids is 2. The molecular weight excluding hydrogens is 334 g/mol. The highest BCUT2D eigenvalue weighted by Crippen LogP contribution is 2.17. The minimum Gasteiger partial charge on any atom is -0.481 e. The zero-order valence-electron chi connectivity index (χ0n) is 13.7. The fourth-order valence-corrected chi connectivity index (χ4v) is 4.07. The van der Waals surface area contributed by atoms with E-state index in [2.05, 4.69) is 5.32 Å². The van der Waals surface area contributed by atoms with Crippen molar-refractivity contribution in [3.05, 3.63) is 29.8 Å². The van der Waals surface area contributed by atoms with E-state index in [4.69, 9.17) is 9.47 Å². The van der Waals surface area contributed by atoms with Crippen LogP contribution in [0.3, 0.4) is 0 Å². The molecule has 2 rings (SSSR count). The molecule has 0 aromatic heterocycles. The number of esters is 1. The van der Waals surface area contributed by atoms with Gasteiger partial charge in [0.1, 0.15) is 5.75 Å². The van der Waals surface area contributed by atoms with Gasteiger partial charge in [0.2, 0.25) is 0 Å².